The summed E-state index contributed by atoms with van der Waals surface area (Å²) in [5.41, 5.74) is 2.06. The molecule has 0 atom stereocenters. The van der Waals surface area contributed by atoms with Gasteiger partial charge >= 0.3 is 5.97 Å². The second-order valence-corrected chi connectivity index (χ2v) is 6.41. The van der Waals surface area contributed by atoms with Crippen molar-refractivity contribution in [3.05, 3.63) is 57.6 Å². The average Bonchev–Trinajstić information content (AvgIpc) is 2.62. The summed E-state index contributed by atoms with van der Waals surface area (Å²) < 4.78 is 10.5. The lowest BCUT2D eigenvalue weighted by Crippen LogP contribution is -2.22. The van der Waals surface area contributed by atoms with E-state index in [1.165, 1.54) is 0 Å². The highest BCUT2D eigenvalue weighted by Crippen LogP contribution is 2.32. The number of nitrogens with one attached hydrogen (secondary N) is 1. The van der Waals surface area contributed by atoms with Gasteiger partial charge in [-0.2, -0.15) is 0 Å². The van der Waals surface area contributed by atoms with Crippen molar-refractivity contribution >= 4 is 40.8 Å². The number of esters is 1. The fourth-order valence-corrected chi connectivity index (χ4v) is 2.59. The van der Waals surface area contributed by atoms with Gasteiger partial charge in [0.15, 0.2) is 6.61 Å². The molecule has 2 aromatic carbocycles. The van der Waals surface area contributed by atoms with Gasteiger partial charge in [-0.1, -0.05) is 47.5 Å². The molecule has 0 radical (unpaired) electrons. The lowest BCUT2D eigenvalue weighted by Gasteiger charge is -2.11. The van der Waals surface area contributed by atoms with Crippen molar-refractivity contribution < 1.29 is 19.1 Å². The summed E-state index contributed by atoms with van der Waals surface area (Å²) in [7, 11) is 0. The number of benzene rings is 2. The van der Waals surface area contributed by atoms with E-state index in [0.717, 1.165) is 11.1 Å². The van der Waals surface area contributed by atoms with E-state index in [4.69, 9.17) is 32.7 Å². The predicted octanol–water partition coefficient (Wildman–Crippen LogP) is 4.56. The van der Waals surface area contributed by atoms with E-state index in [9.17, 15) is 9.59 Å². The van der Waals surface area contributed by atoms with Gasteiger partial charge in [-0.25, -0.2) is 0 Å². The molecule has 138 valence electrons. The van der Waals surface area contributed by atoms with Crippen molar-refractivity contribution in [3.63, 3.8) is 0 Å². The van der Waals surface area contributed by atoms with E-state index < -0.39 is 18.5 Å². The van der Waals surface area contributed by atoms with Gasteiger partial charge in [-0.15, -0.1) is 0 Å². The highest BCUT2D eigenvalue weighted by molar-refractivity contribution is 6.40. The maximum absolute atomic E-state index is 11.9. The SMILES string of the molecule is Cc1ccccc1OCCC(=O)OCC(=O)Nc1c(Cl)ccc(C)c1Cl. The van der Waals surface area contributed by atoms with E-state index >= 15 is 0 Å². The van der Waals surface area contributed by atoms with Crippen LogP contribution in [0.1, 0.15) is 17.5 Å². The summed E-state index contributed by atoms with van der Waals surface area (Å²) in [5, 5.41) is 3.22. The molecular weight excluding hydrogens is 377 g/mol. The fourth-order valence-electron chi connectivity index (χ4n) is 2.13. The van der Waals surface area contributed by atoms with E-state index in [2.05, 4.69) is 5.32 Å². The van der Waals surface area contributed by atoms with E-state index in [0.29, 0.717) is 21.5 Å². The number of carbonyl (C=O) groups is 2. The van der Waals surface area contributed by atoms with Gasteiger partial charge < -0.3 is 14.8 Å². The second-order valence-electron chi connectivity index (χ2n) is 5.63. The molecule has 0 aliphatic heterocycles. The predicted molar refractivity (Wildman–Crippen MR) is 102 cm³/mol. The van der Waals surface area contributed by atoms with Crippen LogP contribution < -0.4 is 10.1 Å². The van der Waals surface area contributed by atoms with Crippen LogP contribution in [0.2, 0.25) is 10.0 Å². The number of hydrogen-bond donors (Lipinski definition) is 1. The Labute approximate surface area is 162 Å². The van der Waals surface area contributed by atoms with Gasteiger partial charge in [0.25, 0.3) is 5.91 Å². The molecule has 5 nitrogen and oxygen atoms in total. The molecule has 0 fully saturated rings. The molecule has 0 spiro atoms. The molecule has 0 unspecified atom stereocenters. The molecule has 0 aliphatic rings. The average molecular weight is 396 g/mol. The monoisotopic (exact) mass is 395 g/mol. The smallest absolute Gasteiger partial charge is 0.309 e. The third kappa shape index (κ3) is 5.64. The normalized spacial score (nSPS) is 10.3. The van der Waals surface area contributed by atoms with Crippen LogP contribution >= 0.6 is 23.2 Å². The second kappa shape index (κ2) is 9.46. The Bertz CT molecular complexity index is 808. The van der Waals surface area contributed by atoms with E-state index in [1.54, 1.807) is 19.1 Å². The van der Waals surface area contributed by atoms with Crippen LogP contribution in [0.3, 0.4) is 0 Å². The van der Waals surface area contributed by atoms with E-state index in [1.807, 2.05) is 31.2 Å². The summed E-state index contributed by atoms with van der Waals surface area (Å²) >= 11 is 12.1. The first-order chi connectivity index (χ1) is 12.4. The lowest BCUT2D eigenvalue weighted by atomic mass is 10.2. The van der Waals surface area contributed by atoms with Crippen molar-refractivity contribution in [3.8, 4) is 5.75 Å². The molecule has 26 heavy (non-hydrogen) atoms. The van der Waals surface area contributed by atoms with Crippen LogP contribution in [-0.2, 0) is 14.3 Å². The highest BCUT2D eigenvalue weighted by atomic mass is 35.5. The number of anilines is 1. The molecule has 0 aliphatic carbocycles. The number of halogens is 2. The van der Waals surface area contributed by atoms with Crippen LogP contribution in [0, 0.1) is 13.8 Å². The van der Waals surface area contributed by atoms with Crippen LogP contribution in [0.4, 0.5) is 5.69 Å². The minimum Gasteiger partial charge on any atom is -0.493 e. The Kier molecular flexibility index (Phi) is 7.30. The Morgan fingerprint density at radius 2 is 1.77 bits per heavy atom. The first kappa shape index (κ1) is 20.1. The quantitative estimate of drug-likeness (QED) is 0.697. The molecule has 7 heteroatoms. The Hall–Kier alpha value is -2.24. The largest absolute Gasteiger partial charge is 0.493 e. The first-order valence-electron chi connectivity index (χ1n) is 7.97. The molecule has 2 rings (SSSR count). The van der Waals surface area contributed by atoms with Crippen molar-refractivity contribution in [1.82, 2.24) is 0 Å². The number of aryl methyl sites for hydroxylation is 2. The number of para-hydroxylation sites is 1. The number of carbonyl (C=O) groups excluding carboxylic acids is 2. The van der Waals surface area contributed by atoms with Gasteiger partial charge in [0.05, 0.1) is 28.8 Å². The molecule has 0 aromatic heterocycles. The summed E-state index contributed by atoms with van der Waals surface area (Å²) in [6.07, 6.45) is 0.0353. The standard InChI is InChI=1S/C19H19Cl2NO4/c1-12-5-3-4-6-15(12)25-10-9-17(24)26-11-16(23)22-19-14(20)8-7-13(2)18(19)21/h3-8H,9-11H2,1-2H3,(H,22,23). The van der Waals surface area contributed by atoms with Crippen molar-refractivity contribution in [2.45, 2.75) is 20.3 Å². The summed E-state index contributed by atoms with van der Waals surface area (Å²) in [5.74, 6) is -0.343. The molecule has 2 aromatic rings. The van der Waals surface area contributed by atoms with Gasteiger partial charge in [0.2, 0.25) is 0 Å². The molecule has 0 saturated carbocycles. The maximum atomic E-state index is 11.9. The molecule has 0 saturated heterocycles. The Morgan fingerprint density at radius 3 is 2.50 bits per heavy atom. The zero-order chi connectivity index (χ0) is 19.1. The highest BCUT2D eigenvalue weighted by Gasteiger charge is 2.13. The van der Waals surface area contributed by atoms with Crippen molar-refractivity contribution in [2.75, 3.05) is 18.5 Å². The first-order valence-corrected chi connectivity index (χ1v) is 8.72. The maximum Gasteiger partial charge on any atom is 0.309 e. The van der Waals surface area contributed by atoms with E-state index in [-0.39, 0.29) is 13.0 Å². The van der Waals surface area contributed by atoms with Crippen molar-refractivity contribution in [2.24, 2.45) is 0 Å². The van der Waals surface area contributed by atoms with Gasteiger partial charge in [-0.05, 0) is 37.1 Å². The van der Waals surface area contributed by atoms with Crippen LogP contribution in [0.15, 0.2) is 36.4 Å². The molecular formula is C19H19Cl2NO4. The number of amides is 1. The minimum absolute atomic E-state index is 0.0353. The zero-order valence-corrected chi connectivity index (χ0v) is 16.0. The molecule has 1 N–H and O–H groups in total. The number of ether oxygens (including phenoxy) is 2. The van der Waals surface area contributed by atoms with Crippen LogP contribution in [-0.4, -0.2) is 25.1 Å². The van der Waals surface area contributed by atoms with Crippen LogP contribution in [0.5, 0.6) is 5.75 Å². The third-order valence-corrected chi connectivity index (χ3v) is 4.37. The Balaban J connectivity index is 1.76. The minimum atomic E-state index is -0.532. The Morgan fingerprint density at radius 1 is 1.04 bits per heavy atom. The van der Waals surface area contributed by atoms with Gasteiger partial charge in [0, 0.05) is 0 Å². The molecule has 1 amide bonds. The summed E-state index contributed by atoms with van der Waals surface area (Å²) in [6.45, 7) is 3.45. The third-order valence-electron chi connectivity index (χ3n) is 3.57. The number of hydrogen-bond acceptors (Lipinski definition) is 4. The van der Waals surface area contributed by atoms with Crippen LogP contribution in [0.25, 0.3) is 0 Å². The van der Waals surface area contributed by atoms with Gasteiger partial charge in [-0.3, -0.25) is 9.59 Å². The topological polar surface area (TPSA) is 64.6 Å². The lowest BCUT2D eigenvalue weighted by molar-refractivity contribution is -0.147. The zero-order valence-electron chi connectivity index (χ0n) is 14.5. The molecule has 0 heterocycles. The molecule has 0 bridgehead atoms. The number of rotatable bonds is 7. The summed E-state index contributed by atoms with van der Waals surface area (Å²) in [4.78, 5) is 23.7. The summed E-state index contributed by atoms with van der Waals surface area (Å²) in [6, 6.07) is 10.9. The van der Waals surface area contributed by atoms with Gasteiger partial charge in [0.1, 0.15) is 5.75 Å². The fraction of sp³-hybridized carbons (Fsp3) is 0.263. The van der Waals surface area contributed by atoms with Crippen molar-refractivity contribution in [1.29, 1.82) is 0 Å².